The number of nitrogen functional groups attached to an aromatic ring is 1. The Morgan fingerprint density at radius 1 is 1.27 bits per heavy atom. The van der Waals surface area contributed by atoms with E-state index in [0.717, 1.165) is 34.0 Å². The minimum Gasteiger partial charge on any atom is -0.397 e. The first-order valence-corrected chi connectivity index (χ1v) is 7.73. The zero-order chi connectivity index (χ0) is 15.7. The summed E-state index contributed by atoms with van der Waals surface area (Å²) in [6, 6.07) is 3.87. The molecule has 0 fully saturated rings. The highest BCUT2D eigenvalue weighted by molar-refractivity contribution is 9.10. The van der Waals surface area contributed by atoms with Gasteiger partial charge >= 0.3 is 0 Å². The van der Waals surface area contributed by atoms with Crippen LogP contribution >= 0.6 is 15.9 Å². The molecule has 0 saturated heterocycles. The number of nitrogens with two attached hydrogens (primary N) is 1. The van der Waals surface area contributed by atoms with Crippen molar-refractivity contribution in [1.82, 2.24) is 24.4 Å². The maximum Gasteiger partial charge on any atom is 0.235 e. The maximum absolute atomic E-state index is 6.23. The molecule has 0 radical (unpaired) electrons. The number of aromatic nitrogens is 4. The predicted octanol–water partition coefficient (Wildman–Crippen LogP) is 2.26. The smallest absolute Gasteiger partial charge is 0.235 e. The minimum absolute atomic E-state index is 0.612. The van der Waals surface area contributed by atoms with E-state index in [0.29, 0.717) is 11.6 Å². The van der Waals surface area contributed by atoms with E-state index in [4.69, 9.17) is 10.7 Å². The van der Waals surface area contributed by atoms with Crippen LogP contribution in [0.1, 0.15) is 5.69 Å². The van der Waals surface area contributed by atoms with Gasteiger partial charge in [-0.05, 0) is 42.2 Å². The number of hydrogen-bond donors (Lipinski definition) is 1. The van der Waals surface area contributed by atoms with Crippen LogP contribution in [0.4, 0.5) is 5.69 Å². The Morgan fingerprint density at radius 2 is 2.09 bits per heavy atom. The number of hydrogen-bond acceptors (Lipinski definition) is 5. The van der Waals surface area contributed by atoms with Gasteiger partial charge < -0.3 is 10.6 Å². The predicted molar refractivity (Wildman–Crippen MR) is 91.0 cm³/mol. The molecule has 0 saturated carbocycles. The van der Waals surface area contributed by atoms with Gasteiger partial charge in [0.05, 0.1) is 16.9 Å². The third-order valence-corrected chi connectivity index (χ3v) is 4.14. The first kappa shape index (κ1) is 14.9. The lowest BCUT2D eigenvalue weighted by atomic mass is 10.1. The van der Waals surface area contributed by atoms with E-state index in [1.165, 1.54) is 0 Å². The highest BCUT2D eigenvalue weighted by Gasteiger charge is 2.13. The van der Waals surface area contributed by atoms with Crippen molar-refractivity contribution in [3.05, 3.63) is 41.0 Å². The van der Waals surface area contributed by atoms with Gasteiger partial charge in [-0.1, -0.05) is 0 Å². The first-order chi connectivity index (χ1) is 10.6. The highest BCUT2D eigenvalue weighted by atomic mass is 79.9. The Hall–Kier alpha value is -1.99. The molecular weight excluding hydrogens is 344 g/mol. The van der Waals surface area contributed by atoms with Crippen LogP contribution in [0, 0.1) is 0 Å². The van der Waals surface area contributed by atoms with Crippen molar-refractivity contribution in [2.45, 2.75) is 6.42 Å². The lowest BCUT2D eigenvalue weighted by Gasteiger charge is -2.14. The van der Waals surface area contributed by atoms with Crippen molar-refractivity contribution in [2.24, 2.45) is 0 Å². The van der Waals surface area contributed by atoms with Crippen molar-refractivity contribution < 1.29 is 0 Å². The molecule has 0 atom stereocenters. The number of nitrogens with zero attached hydrogens (tertiary/aromatic N) is 5. The number of halogens is 1. The summed E-state index contributed by atoms with van der Waals surface area (Å²) in [4.78, 5) is 15.5. The van der Waals surface area contributed by atoms with E-state index in [-0.39, 0.29) is 0 Å². The third kappa shape index (κ3) is 2.82. The van der Waals surface area contributed by atoms with Gasteiger partial charge in [-0.15, -0.1) is 0 Å². The van der Waals surface area contributed by atoms with Crippen LogP contribution < -0.4 is 5.73 Å². The second-order valence-electron chi connectivity index (χ2n) is 5.35. The topological polar surface area (TPSA) is 72.9 Å². The molecule has 0 spiro atoms. The summed E-state index contributed by atoms with van der Waals surface area (Å²) >= 11 is 3.48. The van der Waals surface area contributed by atoms with Crippen molar-refractivity contribution in [3.8, 4) is 5.95 Å². The molecule has 6 nitrogen and oxygen atoms in total. The summed E-state index contributed by atoms with van der Waals surface area (Å²) < 4.78 is 2.67. The molecule has 2 N–H and O–H groups in total. The van der Waals surface area contributed by atoms with Gasteiger partial charge in [0, 0.05) is 35.2 Å². The molecule has 0 aliphatic carbocycles. The standard InChI is InChI=1S/C15H17BrN6/c1-21(2)7-5-12-13-11(4-3-10(16)14(13)17)19-15(20-12)22-8-6-18-9-22/h3-4,6,8-9H,5,7,17H2,1-2H3. The van der Waals surface area contributed by atoms with Crippen molar-refractivity contribution in [2.75, 3.05) is 26.4 Å². The Kier molecular flexibility index (Phi) is 4.08. The lowest BCUT2D eigenvalue weighted by molar-refractivity contribution is 0.412. The van der Waals surface area contributed by atoms with Crippen LogP contribution in [0.15, 0.2) is 35.3 Å². The van der Waals surface area contributed by atoms with Crippen LogP contribution in [-0.2, 0) is 6.42 Å². The summed E-state index contributed by atoms with van der Waals surface area (Å²) in [6.45, 7) is 0.890. The average Bonchev–Trinajstić information content (AvgIpc) is 3.02. The fourth-order valence-corrected chi connectivity index (χ4v) is 2.62. The third-order valence-electron chi connectivity index (χ3n) is 3.45. The van der Waals surface area contributed by atoms with Gasteiger partial charge in [0.25, 0.3) is 0 Å². The van der Waals surface area contributed by atoms with E-state index >= 15 is 0 Å². The molecular formula is C15H17BrN6. The normalized spacial score (nSPS) is 11.5. The summed E-state index contributed by atoms with van der Waals surface area (Å²) in [5.41, 5.74) is 8.70. The van der Waals surface area contributed by atoms with Crippen molar-refractivity contribution in [3.63, 3.8) is 0 Å². The molecule has 114 valence electrons. The van der Waals surface area contributed by atoms with Crippen LogP contribution in [-0.4, -0.2) is 45.1 Å². The van der Waals surface area contributed by atoms with Gasteiger partial charge in [-0.3, -0.25) is 4.57 Å². The van der Waals surface area contributed by atoms with Crippen LogP contribution in [0.3, 0.4) is 0 Å². The fourth-order valence-electron chi connectivity index (χ4n) is 2.29. The maximum atomic E-state index is 6.23. The average molecular weight is 361 g/mol. The van der Waals surface area contributed by atoms with Crippen molar-refractivity contribution in [1.29, 1.82) is 0 Å². The Balaban J connectivity index is 2.20. The van der Waals surface area contributed by atoms with E-state index < -0.39 is 0 Å². The van der Waals surface area contributed by atoms with Gasteiger partial charge in [0.1, 0.15) is 6.33 Å². The van der Waals surface area contributed by atoms with Gasteiger partial charge in [0.15, 0.2) is 0 Å². The quantitative estimate of drug-likeness (QED) is 0.722. The summed E-state index contributed by atoms with van der Waals surface area (Å²) in [6.07, 6.45) is 6.04. The summed E-state index contributed by atoms with van der Waals surface area (Å²) in [5, 5.41) is 0.917. The molecule has 3 aromatic rings. The van der Waals surface area contributed by atoms with Crippen LogP contribution in [0.2, 0.25) is 0 Å². The number of fused-ring (bicyclic) bond motifs is 1. The Bertz CT molecular complexity index is 797. The molecule has 22 heavy (non-hydrogen) atoms. The molecule has 0 aliphatic heterocycles. The molecule has 2 aromatic heterocycles. The molecule has 2 heterocycles. The van der Waals surface area contributed by atoms with Crippen LogP contribution in [0.25, 0.3) is 16.9 Å². The largest absolute Gasteiger partial charge is 0.397 e. The molecule has 7 heteroatoms. The molecule has 0 amide bonds. The van der Waals surface area contributed by atoms with E-state index in [9.17, 15) is 0 Å². The van der Waals surface area contributed by atoms with E-state index in [1.54, 1.807) is 17.1 Å². The number of imidazole rings is 1. The number of benzene rings is 1. The zero-order valence-corrected chi connectivity index (χ0v) is 14.1. The van der Waals surface area contributed by atoms with Gasteiger partial charge in [-0.25, -0.2) is 15.0 Å². The lowest BCUT2D eigenvalue weighted by Crippen LogP contribution is -2.17. The minimum atomic E-state index is 0.612. The van der Waals surface area contributed by atoms with Gasteiger partial charge in [-0.2, -0.15) is 0 Å². The Labute approximate surface area is 137 Å². The zero-order valence-electron chi connectivity index (χ0n) is 12.5. The summed E-state index contributed by atoms with van der Waals surface area (Å²) in [7, 11) is 4.08. The highest BCUT2D eigenvalue weighted by Crippen LogP contribution is 2.30. The molecule has 3 rings (SSSR count). The van der Waals surface area contributed by atoms with Crippen molar-refractivity contribution >= 4 is 32.5 Å². The monoisotopic (exact) mass is 360 g/mol. The summed E-state index contributed by atoms with van der Waals surface area (Å²) in [5.74, 6) is 0.612. The number of rotatable bonds is 4. The number of likely N-dealkylation sites (N-methyl/N-ethyl adjacent to an activating group) is 1. The molecule has 0 bridgehead atoms. The Morgan fingerprint density at radius 3 is 2.77 bits per heavy atom. The van der Waals surface area contributed by atoms with Gasteiger partial charge in [0.2, 0.25) is 5.95 Å². The van der Waals surface area contributed by atoms with E-state index in [1.807, 2.05) is 32.4 Å². The van der Waals surface area contributed by atoms with E-state index in [2.05, 4.69) is 30.8 Å². The molecule has 1 aromatic carbocycles. The molecule has 0 unspecified atom stereocenters. The second kappa shape index (κ2) is 6.02. The number of anilines is 1. The second-order valence-corrected chi connectivity index (χ2v) is 6.20. The first-order valence-electron chi connectivity index (χ1n) is 6.94. The molecule has 0 aliphatic rings. The fraction of sp³-hybridized carbons (Fsp3) is 0.267. The SMILES string of the molecule is CN(C)CCc1nc(-n2ccnc2)nc2ccc(Br)c(N)c12. The van der Waals surface area contributed by atoms with Crippen LogP contribution in [0.5, 0.6) is 0 Å².